The number of hydrogen-bond acceptors (Lipinski definition) is 3. The van der Waals surface area contributed by atoms with Gasteiger partial charge in [0.05, 0.1) is 0 Å². The summed E-state index contributed by atoms with van der Waals surface area (Å²) in [5, 5.41) is 2.26. The highest BCUT2D eigenvalue weighted by Gasteiger charge is 1.96. The number of H-pyrrole nitrogens is 2. The molecule has 0 aliphatic carbocycles. The van der Waals surface area contributed by atoms with Crippen LogP contribution in [0.15, 0.2) is 21.9 Å². The van der Waals surface area contributed by atoms with Crippen LogP contribution in [0.25, 0.3) is 5.65 Å². The van der Waals surface area contributed by atoms with E-state index in [0.29, 0.717) is 5.65 Å². The number of aromatic nitrogens is 4. The van der Waals surface area contributed by atoms with Crippen molar-refractivity contribution in [3.8, 4) is 0 Å². The van der Waals surface area contributed by atoms with Crippen LogP contribution < -0.4 is 11.4 Å². The monoisotopic (exact) mass is 152 g/mol. The standard InChI is InChI=1S/C5H4N4O2/c10-4-7-3-1-2-6-5(11)9(3)8-4/h1-2H,(H2,7,8,10). The average Bonchev–Trinajstić information content (AvgIpc) is 2.31. The number of hydrogen-bond donors (Lipinski definition) is 2. The molecule has 0 aliphatic heterocycles. The normalized spacial score (nSPS) is 10.5. The highest BCUT2D eigenvalue weighted by Crippen LogP contribution is 1.83. The smallest absolute Gasteiger partial charge is 0.291 e. The fraction of sp³-hybridized carbons (Fsp3) is 0. The van der Waals surface area contributed by atoms with Gasteiger partial charge < -0.3 is 0 Å². The maximum absolute atomic E-state index is 10.9. The van der Waals surface area contributed by atoms with Crippen molar-refractivity contribution >= 4 is 5.65 Å². The van der Waals surface area contributed by atoms with Crippen molar-refractivity contribution in [1.29, 1.82) is 0 Å². The molecule has 56 valence electrons. The van der Waals surface area contributed by atoms with Crippen LogP contribution in [0.5, 0.6) is 0 Å². The maximum atomic E-state index is 10.9. The highest BCUT2D eigenvalue weighted by atomic mass is 16.2. The lowest BCUT2D eigenvalue weighted by Gasteiger charge is -1.85. The molecule has 2 aromatic rings. The maximum Gasteiger partial charge on any atom is 0.368 e. The molecule has 0 saturated heterocycles. The second-order valence-corrected chi connectivity index (χ2v) is 2.01. The molecule has 2 rings (SSSR count). The van der Waals surface area contributed by atoms with Gasteiger partial charge in [0.1, 0.15) is 5.65 Å². The molecule has 2 N–H and O–H groups in total. The predicted octanol–water partition coefficient (Wildman–Crippen LogP) is -1.29. The van der Waals surface area contributed by atoms with Gasteiger partial charge in [0.15, 0.2) is 0 Å². The van der Waals surface area contributed by atoms with Gasteiger partial charge in [0.25, 0.3) is 0 Å². The van der Waals surface area contributed by atoms with Crippen LogP contribution in [-0.4, -0.2) is 19.6 Å². The van der Waals surface area contributed by atoms with E-state index in [9.17, 15) is 9.59 Å². The minimum absolute atomic E-state index is 0.412. The first-order valence-corrected chi connectivity index (χ1v) is 2.93. The molecule has 0 atom stereocenters. The summed E-state index contributed by atoms with van der Waals surface area (Å²) < 4.78 is 1.04. The van der Waals surface area contributed by atoms with E-state index in [4.69, 9.17) is 0 Å². The van der Waals surface area contributed by atoms with Gasteiger partial charge in [0, 0.05) is 6.20 Å². The lowest BCUT2D eigenvalue weighted by atomic mass is 10.6. The van der Waals surface area contributed by atoms with Crippen LogP contribution in [0, 0.1) is 0 Å². The van der Waals surface area contributed by atoms with Crippen LogP contribution in [0.1, 0.15) is 0 Å². The summed E-state index contributed by atoms with van der Waals surface area (Å²) in [5.74, 6) is 0. The molecular formula is C5H4N4O2. The van der Waals surface area contributed by atoms with Crippen LogP contribution in [-0.2, 0) is 0 Å². The number of nitrogens with one attached hydrogen (secondary N) is 2. The minimum atomic E-state index is -0.499. The van der Waals surface area contributed by atoms with Crippen molar-refractivity contribution < 1.29 is 0 Å². The molecule has 2 aromatic heterocycles. The van der Waals surface area contributed by atoms with Crippen molar-refractivity contribution in [2.45, 2.75) is 0 Å². The Morgan fingerprint density at radius 3 is 3.00 bits per heavy atom. The Kier molecular flexibility index (Phi) is 0.974. The van der Waals surface area contributed by atoms with Gasteiger partial charge in [-0.2, -0.15) is 9.50 Å². The molecule has 0 spiro atoms. The van der Waals surface area contributed by atoms with Gasteiger partial charge in [-0.05, 0) is 6.07 Å². The van der Waals surface area contributed by atoms with Crippen molar-refractivity contribution in [2.24, 2.45) is 0 Å². The summed E-state index contributed by atoms with van der Waals surface area (Å²) >= 11 is 0. The zero-order chi connectivity index (χ0) is 7.84. The first-order valence-electron chi connectivity index (χ1n) is 2.93. The Morgan fingerprint density at radius 2 is 2.27 bits per heavy atom. The van der Waals surface area contributed by atoms with Crippen molar-refractivity contribution in [1.82, 2.24) is 19.6 Å². The molecule has 0 bridgehead atoms. The van der Waals surface area contributed by atoms with E-state index in [1.54, 1.807) is 0 Å². The molecule has 11 heavy (non-hydrogen) atoms. The summed E-state index contributed by atoms with van der Waals surface area (Å²) in [6, 6.07) is 1.53. The molecule has 0 aliphatic rings. The third-order valence-corrected chi connectivity index (χ3v) is 1.30. The Balaban J connectivity index is 3.14. The van der Waals surface area contributed by atoms with E-state index < -0.39 is 11.4 Å². The first-order chi connectivity index (χ1) is 5.27. The molecule has 0 aromatic carbocycles. The average molecular weight is 152 g/mol. The zero-order valence-corrected chi connectivity index (χ0v) is 5.37. The Bertz CT molecular complexity index is 491. The van der Waals surface area contributed by atoms with E-state index in [1.165, 1.54) is 12.3 Å². The third kappa shape index (κ3) is 0.759. The SMILES string of the molecule is O=c1[nH]c2ccnc(=O)n2[nH]1. The van der Waals surface area contributed by atoms with E-state index in [1.807, 2.05) is 0 Å². The van der Waals surface area contributed by atoms with Gasteiger partial charge in [-0.3, -0.25) is 4.98 Å². The summed E-state index contributed by atoms with van der Waals surface area (Å²) in [6.07, 6.45) is 1.33. The largest absolute Gasteiger partial charge is 0.368 e. The molecule has 0 amide bonds. The Labute approximate surface area is 59.5 Å². The number of rotatable bonds is 0. The molecular weight excluding hydrogens is 148 g/mol. The van der Waals surface area contributed by atoms with Crippen molar-refractivity contribution in [2.75, 3.05) is 0 Å². The van der Waals surface area contributed by atoms with E-state index >= 15 is 0 Å². The molecule has 0 fully saturated rings. The van der Waals surface area contributed by atoms with Gasteiger partial charge >= 0.3 is 11.4 Å². The van der Waals surface area contributed by atoms with Gasteiger partial charge in [-0.25, -0.2) is 14.7 Å². The lowest BCUT2D eigenvalue weighted by molar-refractivity contribution is 0.853. The summed E-state index contributed by atoms with van der Waals surface area (Å²) in [6.45, 7) is 0. The van der Waals surface area contributed by atoms with Gasteiger partial charge in [-0.1, -0.05) is 0 Å². The van der Waals surface area contributed by atoms with E-state index in [-0.39, 0.29) is 0 Å². The molecule has 0 unspecified atom stereocenters. The Morgan fingerprint density at radius 1 is 1.45 bits per heavy atom. The van der Waals surface area contributed by atoms with Gasteiger partial charge in [-0.15, -0.1) is 0 Å². The summed E-state index contributed by atoms with van der Waals surface area (Å²) in [7, 11) is 0. The summed E-state index contributed by atoms with van der Waals surface area (Å²) in [4.78, 5) is 27.3. The second kappa shape index (κ2) is 1.82. The highest BCUT2D eigenvalue weighted by molar-refractivity contribution is 5.32. The number of nitrogens with zero attached hydrogens (tertiary/aromatic N) is 2. The van der Waals surface area contributed by atoms with E-state index in [2.05, 4.69) is 15.1 Å². The molecule has 6 nitrogen and oxygen atoms in total. The quantitative estimate of drug-likeness (QED) is 0.492. The minimum Gasteiger partial charge on any atom is -0.291 e. The fourth-order valence-electron chi connectivity index (χ4n) is 0.858. The van der Waals surface area contributed by atoms with Crippen LogP contribution in [0.4, 0.5) is 0 Å². The summed E-state index contributed by atoms with van der Waals surface area (Å²) in [5.41, 5.74) is -0.508. The fourth-order valence-corrected chi connectivity index (χ4v) is 0.858. The lowest BCUT2D eigenvalue weighted by Crippen LogP contribution is -2.17. The Hall–Kier alpha value is -1.85. The number of fused-ring (bicyclic) bond motifs is 1. The molecule has 0 radical (unpaired) electrons. The predicted molar refractivity (Wildman–Crippen MR) is 36.4 cm³/mol. The van der Waals surface area contributed by atoms with Crippen LogP contribution in [0.3, 0.4) is 0 Å². The van der Waals surface area contributed by atoms with Crippen molar-refractivity contribution in [3.63, 3.8) is 0 Å². The molecule has 6 heteroatoms. The van der Waals surface area contributed by atoms with Crippen molar-refractivity contribution in [3.05, 3.63) is 33.2 Å². The topological polar surface area (TPSA) is 83.0 Å². The molecule has 0 saturated carbocycles. The third-order valence-electron chi connectivity index (χ3n) is 1.30. The second-order valence-electron chi connectivity index (χ2n) is 2.01. The van der Waals surface area contributed by atoms with Crippen LogP contribution >= 0.6 is 0 Å². The number of aromatic amines is 2. The van der Waals surface area contributed by atoms with Gasteiger partial charge in [0.2, 0.25) is 0 Å². The first kappa shape index (κ1) is 5.90. The van der Waals surface area contributed by atoms with E-state index in [0.717, 1.165) is 4.52 Å². The molecule has 2 heterocycles. The van der Waals surface area contributed by atoms with Crippen LogP contribution in [0.2, 0.25) is 0 Å². The zero-order valence-electron chi connectivity index (χ0n) is 5.37.